The van der Waals surface area contributed by atoms with Crippen LogP contribution in [0, 0.1) is 34.5 Å². The van der Waals surface area contributed by atoms with Crippen LogP contribution in [0.25, 0.3) is 0 Å². The summed E-state index contributed by atoms with van der Waals surface area (Å²) in [6.07, 6.45) is 5.47. The lowest BCUT2D eigenvalue weighted by Crippen LogP contribution is -2.62. The molecule has 0 bridgehead atoms. The van der Waals surface area contributed by atoms with E-state index >= 15 is 0 Å². The summed E-state index contributed by atoms with van der Waals surface area (Å²) in [6.45, 7) is 3.46. The molecule has 26 heavy (non-hydrogen) atoms. The number of Topliss-reactive ketones (excluding diaryl/α,β-unsaturated/α-hetero) is 2. The van der Waals surface area contributed by atoms with Gasteiger partial charge in [-0.25, -0.2) is 0 Å². The fraction of sp³-hybridized carbons (Fsp3) is 0.905. The highest BCUT2D eigenvalue weighted by molar-refractivity contribution is 5.92. The van der Waals surface area contributed by atoms with Crippen molar-refractivity contribution in [3.63, 3.8) is 0 Å². The van der Waals surface area contributed by atoms with Crippen LogP contribution in [0.4, 0.5) is 0 Å². The minimum atomic E-state index is -1.58. The van der Waals surface area contributed by atoms with Crippen LogP contribution in [-0.4, -0.2) is 45.2 Å². The monoisotopic (exact) mass is 364 g/mol. The molecule has 5 heteroatoms. The summed E-state index contributed by atoms with van der Waals surface area (Å²) in [4.78, 5) is 25.7. The van der Waals surface area contributed by atoms with Gasteiger partial charge < -0.3 is 15.3 Å². The predicted molar refractivity (Wildman–Crippen MR) is 95.2 cm³/mol. The Morgan fingerprint density at radius 3 is 2.58 bits per heavy atom. The lowest BCUT2D eigenvalue weighted by molar-refractivity contribution is -0.180. The highest BCUT2D eigenvalue weighted by Gasteiger charge is 2.68. The first-order chi connectivity index (χ1) is 12.2. The van der Waals surface area contributed by atoms with Gasteiger partial charge in [-0.1, -0.05) is 13.8 Å². The zero-order chi connectivity index (χ0) is 18.9. The lowest BCUT2D eigenvalue weighted by Gasteiger charge is -2.60. The number of hydrogen-bond acceptors (Lipinski definition) is 5. The SMILES string of the molecule is C[C@]12CC[C@@H](O)C[C@H]1CC[C@@H]1[C@H]2C(=O)C[C@@]2(C)[C@@H]1CC[C@]2(O)C(=O)CO. The molecule has 0 aromatic carbocycles. The maximum atomic E-state index is 13.4. The van der Waals surface area contributed by atoms with Gasteiger partial charge in [0.15, 0.2) is 5.78 Å². The Hall–Kier alpha value is -0.780. The minimum Gasteiger partial charge on any atom is -0.393 e. The number of carbonyl (C=O) groups excluding carboxylic acids is 2. The molecule has 4 aliphatic carbocycles. The summed E-state index contributed by atoms with van der Waals surface area (Å²) in [5.41, 5.74) is -2.40. The first-order valence-corrected chi connectivity index (χ1v) is 10.2. The summed E-state index contributed by atoms with van der Waals surface area (Å²) in [7, 11) is 0. The molecule has 4 rings (SSSR count). The van der Waals surface area contributed by atoms with Crippen LogP contribution in [0.1, 0.15) is 65.2 Å². The molecular weight excluding hydrogens is 332 g/mol. The van der Waals surface area contributed by atoms with E-state index in [2.05, 4.69) is 6.92 Å². The van der Waals surface area contributed by atoms with Gasteiger partial charge in [0, 0.05) is 17.8 Å². The van der Waals surface area contributed by atoms with Gasteiger partial charge in [-0.05, 0) is 68.1 Å². The van der Waals surface area contributed by atoms with Gasteiger partial charge in [0.1, 0.15) is 18.0 Å². The van der Waals surface area contributed by atoms with Crippen molar-refractivity contribution < 1.29 is 24.9 Å². The highest BCUT2D eigenvalue weighted by atomic mass is 16.3. The third-order valence-electron chi connectivity index (χ3n) is 9.08. The molecule has 8 atom stereocenters. The summed E-state index contributed by atoms with van der Waals surface area (Å²) < 4.78 is 0. The zero-order valence-corrected chi connectivity index (χ0v) is 15.9. The molecule has 0 aromatic rings. The van der Waals surface area contributed by atoms with Crippen LogP contribution in [0.5, 0.6) is 0 Å². The van der Waals surface area contributed by atoms with Gasteiger partial charge in [-0.15, -0.1) is 0 Å². The fourth-order valence-corrected chi connectivity index (χ4v) is 7.64. The Morgan fingerprint density at radius 2 is 1.88 bits per heavy atom. The van der Waals surface area contributed by atoms with Gasteiger partial charge in [0.25, 0.3) is 0 Å². The topological polar surface area (TPSA) is 94.8 Å². The van der Waals surface area contributed by atoms with Crippen molar-refractivity contribution in [3.8, 4) is 0 Å². The van der Waals surface area contributed by atoms with Crippen molar-refractivity contribution in [3.05, 3.63) is 0 Å². The second kappa shape index (κ2) is 5.86. The molecule has 0 aromatic heterocycles. The predicted octanol–water partition coefficient (Wildman–Crippen LogP) is 1.86. The van der Waals surface area contributed by atoms with Crippen LogP contribution < -0.4 is 0 Å². The van der Waals surface area contributed by atoms with Crippen LogP contribution in [0.3, 0.4) is 0 Å². The molecule has 3 N–H and O–H groups in total. The molecule has 0 unspecified atom stereocenters. The van der Waals surface area contributed by atoms with E-state index in [1.807, 2.05) is 6.92 Å². The molecule has 4 fully saturated rings. The van der Waals surface area contributed by atoms with E-state index in [-0.39, 0.29) is 41.5 Å². The van der Waals surface area contributed by atoms with Crippen molar-refractivity contribution in [1.29, 1.82) is 0 Å². The maximum absolute atomic E-state index is 13.4. The highest BCUT2D eigenvalue weighted by Crippen LogP contribution is 2.67. The number of aliphatic hydroxyl groups is 3. The van der Waals surface area contributed by atoms with E-state index in [4.69, 9.17) is 0 Å². The van der Waals surface area contributed by atoms with Crippen LogP contribution >= 0.6 is 0 Å². The molecule has 0 amide bonds. The summed E-state index contributed by atoms with van der Waals surface area (Å²) in [5.74, 6) is 0.380. The first kappa shape index (κ1) is 18.6. The van der Waals surface area contributed by atoms with Gasteiger partial charge in [0.05, 0.1) is 6.10 Å². The molecule has 146 valence electrons. The number of hydrogen-bond donors (Lipinski definition) is 3. The number of rotatable bonds is 2. The average Bonchev–Trinajstić information content (AvgIpc) is 2.86. The van der Waals surface area contributed by atoms with Crippen LogP contribution in [-0.2, 0) is 9.59 Å². The third-order valence-corrected chi connectivity index (χ3v) is 9.08. The minimum absolute atomic E-state index is 0.0154. The van der Waals surface area contributed by atoms with Crippen LogP contribution in [0.15, 0.2) is 0 Å². The molecule has 4 saturated carbocycles. The maximum Gasteiger partial charge on any atom is 0.190 e. The Morgan fingerprint density at radius 1 is 1.15 bits per heavy atom. The fourth-order valence-electron chi connectivity index (χ4n) is 7.64. The average molecular weight is 364 g/mol. The molecule has 5 nitrogen and oxygen atoms in total. The van der Waals surface area contributed by atoms with Gasteiger partial charge >= 0.3 is 0 Å². The smallest absolute Gasteiger partial charge is 0.190 e. The lowest BCUT2D eigenvalue weighted by atomic mass is 9.44. The normalized spacial score (nSPS) is 53.6. The number of aliphatic hydroxyl groups excluding tert-OH is 2. The number of carbonyl (C=O) groups is 2. The van der Waals surface area contributed by atoms with E-state index in [0.717, 1.165) is 38.5 Å². The van der Waals surface area contributed by atoms with E-state index in [9.17, 15) is 24.9 Å². The van der Waals surface area contributed by atoms with Crippen molar-refractivity contribution in [1.82, 2.24) is 0 Å². The Balaban J connectivity index is 1.70. The van der Waals surface area contributed by atoms with Crippen molar-refractivity contribution in [2.45, 2.75) is 76.9 Å². The van der Waals surface area contributed by atoms with Crippen molar-refractivity contribution >= 4 is 11.6 Å². The van der Waals surface area contributed by atoms with E-state index in [0.29, 0.717) is 12.3 Å². The quantitative estimate of drug-likeness (QED) is 0.695. The Labute approximate surface area is 155 Å². The van der Waals surface area contributed by atoms with Crippen molar-refractivity contribution in [2.24, 2.45) is 34.5 Å². The molecule has 4 aliphatic rings. The Kier molecular flexibility index (Phi) is 4.18. The van der Waals surface area contributed by atoms with Gasteiger partial charge in [-0.3, -0.25) is 9.59 Å². The molecule has 0 spiro atoms. The van der Waals surface area contributed by atoms with Crippen molar-refractivity contribution in [2.75, 3.05) is 6.61 Å². The zero-order valence-electron chi connectivity index (χ0n) is 15.9. The summed E-state index contributed by atoms with van der Waals surface area (Å²) in [6, 6.07) is 0. The molecule has 0 heterocycles. The third kappa shape index (κ3) is 2.20. The van der Waals surface area contributed by atoms with E-state index in [1.165, 1.54) is 0 Å². The first-order valence-electron chi connectivity index (χ1n) is 10.2. The summed E-state index contributed by atoms with van der Waals surface area (Å²) >= 11 is 0. The Bertz CT molecular complexity index is 632. The number of ketones is 2. The van der Waals surface area contributed by atoms with Crippen LogP contribution in [0.2, 0.25) is 0 Å². The van der Waals surface area contributed by atoms with Gasteiger partial charge in [0.2, 0.25) is 0 Å². The second-order valence-corrected chi connectivity index (χ2v) is 10.00. The largest absolute Gasteiger partial charge is 0.393 e. The standard InChI is InChI=1S/C21H32O5/c1-19-7-5-13(23)9-12(19)3-4-14-15-6-8-21(26,17(25)11-22)20(15,2)10-16(24)18(14)19/h12-15,18,22-23,26H,3-11H2,1-2H3/t12-,13-,14+,15-,18+,19+,20+,21+/m1/s1. The molecule has 0 saturated heterocycles. The number of fused-ring (bicyclic) bond motifs is 5. The second-order valence-electron chi connectivity index (χ2n) is 10.00. The molecule has 0 aliphatic heterocycles. The molecule has 0 radical (unpaired) electrons. The van der Waals surface area contributed by atoms with E-state index < -0.39 is 23.4 Å². The van der Waals surface area contributed by atoms with Gasteiger partial charge in [-0.2, -0.15) is 0 Å². The molecular formula is C21H32O5. The summed E-state index contributed by atoms with van der Waals surface area (Å²) in [5, 5.41) is 30.6. The van der Waals surface area contributed by atoms with E-state index in [1.54, 1.807) is 0 Å².